The summed E-state index contributed by atoms with van der Waals surface area (Å²) in [6.45, 7) is 4.85. The summed E-state index contributed by atoms with van der Waals surface area (Å²) in [4.78, 5) is 44.9. The summed E-state index contributed by atoms with van der Waals surface area (Å²) in [5.41, 5.74) is -0.166. The van der Waals surface area contributed by atoms with E-state index < -0.39 is 0 Å². The molecule has 3 amide bonds. The van der Waals surface area contributed by atoms with Gasteiger partial charge in [-0.15, -0.1) is 0 Å². The molecule has 0 radical (unpaired) electrons. The van der Waals surface area contributed by atoms with Gasteiger partial charge in [0.05, 0.1) is 13.2 Å². The Morgan fingerprint density at radius 2 is 1.81 bits per heavy atom. The summed E-state index contributed by atoms with van der Waals surface area (Å²) in [6, 6.07) is 0. The van der Waals surface area contributed by atoms with Crippen LogP contribution in [0.1, 0.15) is 32.1 Å². The minimum absolute atomic E-state index is 0.0320. The van der Waals surface area contributed by atoms with Crippen LogP contribution < -0.4 is 0 Å². The molecule has 0 bridgehead atoms. The van der Waals surface area contributed by atoms with E-state index in [1.54, 1.807) is 12.0 Å². The number of likely N-dealkylation sites (N-methyl/N-ethyl adjacent to an activating group) is 1. The van der Waals surface area contributed by atoms with Gasteiger partial charge in [0.15, 0.2) is 0 Å². The van der Waals surface area contributed by atoms with E-state index in [0.717, 1.165) is 25.8 Å². The molecule has 1 unspecified atom stereocenters. The Morgan fingerprint density at radius 3 is 2.52 bits per heavy atom. The molecular weight excluding hydrogens is 348 g/mol. The van der Waals surface area contributed by atoms with Crippen LogP contribution in [0.3, 0.4) is 0 Å². The summed E-state index contributed by atoms with van der Waals surface area (Å²) >= 11 is 0. The van der Waals surface area contributed by atoms with Gasteiger partial charge in [0.2, 0.25) is 17.7 Å². The number of hydrogen-bond acceptors (Lipinski definition) is 5. The lowest BCUT2D eigenvalue weighted by Gasteiger charge is -2.49. The van der Waals surface area contributed by atoms with Crippen LogP contribution in [0, 0.1) is 0 Å². The minimum Gasteiger partial charge on any atom is -0.383 e. The first kappa shape index (κ1) is 20.1. The quantitative estimate of drug-likeness (QED) is 0.659. The number of likely N-dealkylation sites (tertiary alicyclic amines) is 2. The topological polar surface area (TPSA) is 73.4 Å². The van der Waals surface area contributed by atoms with Gasteiger partial charge < -0.3 is 19.4 Å². The number of ether oxygens (including phenoxy) is 1. The second-order valence-corrected chi connectivity index (χ2v) is 8.00. The van der Waals surface area contributed by atoms with Crippen molar-refractivity contribution in [2.75, 3.05) is 66.6 Å². The van der Waals surface area contributed by atoms with Gasteiger partial charge in [-0.05, 0) is 26.3 Å². The molecular formula is C19H32N4O4. The number of nitrogens with zero attached hydrogens (tertiary/aromatic N) is 4. The van der Waals surface area contributed by atoms with E-state index in [2.05, 4.69) is 11.9 Å². The SMILES string of the molecule is COCCN1CCC2(CCC1=O)CN(C(=O)CN1CCCC1=O)CCN2C. The molecule has 0 aliphatic carbocycles. The van der Waals surface area contributed by atoms with Gasteiger partial charge in [-0.3, -0.25) is 19.3 Å². The van der Waals surface area contributed by atoms with Gasteiger partial charge in [-0.2, -0.15) is 0 Å². The zero-order chi connectivity index (χ0) is 19.4. The Labute approximate surface area is 161 Å². The molecule has 0 aromatic heterocycles. The summed E-state index contributed by atoms with van der Waals surface area (Å²) in [5.74, 6) is 0.286. The lowest BCUT2D eigenvalue weighted by Crippen LogP contribution is -2.63. The van der Waals surface area contributed by atoms with Crippen molar-refractivity contribution < 1.29 is 19.1 Å². The second-order valence-electron chi connectivity index (χ2n) is 8.00. The van der Waals surface area contributed by atoms with E-state index in [0.29, 0.717) is 52.2 Å². The summed E-state index contributed by atoms with van der Waals surface area (Å²) in [7, 11) is 3.74. The monoisotopic (exact) mass is 380 g/mol. The van der Waals surface area contributed by atoms with Gasteiger partial charge in [-0.25, -0.2) is 0 Å². The zero-order valence-corrected chi connectivity index (χ0v) is 16.6. The Bertz CT molecular complexity index is 584. The number of hydrogen-bond donors (Lipinski definition) is 0. The molecule has 27 heavy (non-hydrogen) atoms. The maximum atomic E-state index is 12.8. The molecule has 1 spiro atoms. The number of piperazine rings is 1. The molecule has 8 nitrogen and oxygen atoms in total. The number of methoxy groups -OCH3 is 1. The average Bonchev–Trinajstić information content (AvgIpc) is 2.98. The Kier molecular flexibility index (Phi) is 6.37. The number of carbonyl (C=O) groups is 3. The van der Waals surface area contributed by atoms with Crippen molar-refractivity contribution in [2.45, 2.75) is 37.6 Å². The Morgan fingerprint density at radius 1 is 1.04 bits per heavy atom. The van der Waals surface area contributed by atoms with Gasteiger partial charge in [0.25, 0.3) is 0 Å². The maximum absolute atomic E-state index is 12.8. The molecule has 0 aromatic carbocycles. The first-order valence-electron chi connectivity index (χ1n) is 9.99. The van der Waals surface area contributed by atoms with Crippen molar-refractivity contribution in [2.24, 2.45) is 0 Å². The van der Waals surface area contributed by atoms with E-state index in [1.807, 2.05) is 9.80 Å². The van der Waals surface area contributed by atoms with Gasteiger partial charge in [0.1, 0.15) is 0 Å². The highest BCUT2D eigenvalue weighted by atomic mass is 16.5. The summed E-state index contributed by atoms with van der Waals surface area (Å²) in [6.07, 6.45) is 3.52. The first-order chi connectivity index (χ1) is 12.9. The van der Waals surface area contributed by atoms with Crippen molar-refractivity contribution in [3.8, 4) is 0 Å². The number of amides is 3. The standard InChI is InChI=1S/C19H32N4O4/c1-20-10-11-23(18(26)14-22-8-3-4-16(22)24)15-19(20)6-5-17(25)21(9-7-19)12-13-27-2/h3-15H2,1-2H3. The van der Waals surface area contributed by atoms with Crippen LogP contribution in [0.2, 0.25) is 0 Å². The summed E-state index contributed by atoms with van der Waals surface area (Å²) in [5, 5.41) is 0. The Hall–Kier alpha value is -1.67. The van der Waals surface area contributed by atoms with Crippen LogP contribution in [0.5, 0.6) is 0 Å². The molecule has 0 aromatic rings. The van der Waals surface area contributed by atoms with Crippen LogP contribution >= 0.6 is 0 Å². The van der Waals surface area contributed by atoms with Crippen LogP contribution in [0.25, 0.3) is 0 Å². The Balaban J connectivity index is 1.64. The number of carbonyl (C=O) groups excluding carboxylic acids is 3. The molecule has 152 valence electrons. The van der Waals surface area contributed by atoms with Crippen molar-refractivity contribution in [1.82, 2.24) is 19.6 Å². The molecule has 0 saturated carbocycles. The van der Waals surface area contributed by atoms with Crippen molar-refractivity contribution in [3.63, 3.8) is 0 Å². The van der Waals surface area contributed by atoms with E-state index in [1.165, 1.54) is 0 Å². The third kappa shape index (κ3) is 4.43. The van der Waals surface area contributed by atoms with Crippen molar-refractivity contribution in [3.05, 3.63) is 0 Å². The summed E-state index contributed by atoms with van der Waals surface area (Å²) < 4.78 is 5.12. The third-order valence-corrected chi connectivity index (χ3v) is 6.42. The molecule has 3 aliphatic rings. The highest BCUT2D eigenvalue weighted by molar-refractivity contribution is 5.86. The number of rotatable bonds is 5. The fourth-order valence-electron chi connectivity index (χ4n) is 4.48. The molecule has 3 aliphatic heterocycles. The largest absolute Gasteiger partial charge is 0.383 e. The fourth-order valence-corrected chi connectivity index (χ4v) is 4.48. The molecule has 3 fully saturated rings. The van der Waals surface area contributed by atoms with Gasteiger partial charge in [0, 0.05) is 64.8 Å². The predicted octanol–water partition coefficient (Wildman–Crippen LogP) is -0.219. The van der Waals surface area contributed by atoms with Gasteiger partial charge in [-0.1, -0.05) is 0 Å². The lowest BCUT2D eigenvalue weighted by atomic mass is 9.86. The molecule has 1 atom stereocenters. The normalized spacial score (nSPS) is 27.6. The molecule has 3 saturated heterocycles. The van der Waals surface area contributed by atoms with Crippen LogP contribution in [-0.4, -0.2) is 109 Å². The lowest BCUT2D eigenvalue weighted by molar-refractivity contribution is -0.142. The van der Waals surface area contributed by atoms with E-state index in [4.69, 9.17) is 4.74 Å². The van der Waals surface area contributed by atoms with E-state index >= 15 is 0 Å². The molecule has 0 N–H and O–H groups in total. The van der Waals surface area contributed by atoms with E-state index in [9.17, 15) is 14.4 Å². The van der Waals surface area contributed by atoms with Crippen molar-refractivity contribution >= 4 is 17.7 Å². The van der Waals surface area contributed by atoms with Crippen LogP contribution in [0.4, 0.5) is 0 Å². The van der Waals surface area contributed by atoms with E-state index in [-0.39, 0.29) is 29.8 Å². The highest BCUT2D eigenvalue weighted by Crippen LogP contribution is 2.32. The highest BCUT2D eigenvalue weighted by Gasteiger charge is 2.43. The minimum atomic E-state index is -0.166. The molecule has 3 heterocycles. The van der Waals surface area contributed by atoms with Crippen molar-refractivity contribution in [1.29, 1.82) is 0 Å². The first-order valence-corrected chi connectivity index (χ1v) is 9.99. The van der Waals surface area contributed by atoms with Gasteiger partial charge >= 0.3 is 0 Å². The molecule has 3 rings (SSSR count). The maximum Gasteiger partial charge on any atom is 0.242 e. The fraction of sp³-hybridized carbons (Fsp3) is 0.842. The van der Waals surface area contributed by atoms with Crippen LogP contribution in [0.15, 0.2) is 0 Å². The second kappa shape index (κ2) is 8.56. The zero-order valence-electron chi connectivity index (χ0n) is 16.6. The van der Waals surface area contributed by atoms with Crippen LogP contribution in [-0.2, 0) is 19.1 Å². The predicted molar refractivity (Wildman–Crippen MR) is 100 cm³/mol. The third-order valence-electron chi connectivity index (χ3n) is 6.42. The smallest absolute Gasteiger partial charge is 0.242 e. The average molecular weight is 380 g/mol. The molecule has 8 heteroatoms.